The summed E-state index contributed by atoms with van der Waals surface area (Å²) in [7, 11) is 1.56. The molecule has 0 radical (unpaired) electrons. The Morgan fingerprint density at radius 1 is 1.09 bits per heavy atom. The molecule has 4 rings (SSSR count). The van der Waals surface area contributed by atoms with Crippen molar-refractivity contribution in [2.75, 3.05) is 13.7 Å². The predicted molar refractivity (Wildman–Crippen MR) is 133 cm³/mol. The van der Waals surface area contributed by atoms with Crippen LogP contribution in [-0.2, 0) is 11.3 Å². The van der Waals surface area contributed by atoms with Crippen LogP contribution >= 0.6 is 15.9 Å². The molecule has 1 N–H and O–H groups in total. The summed E-state index contributed by atoms with van der Waals surface area (Å²) in [4.78, 5) is 25.6. The number of hydrogen-bond donors (Lipinski definition) is 1. The van der Waals surface area contributed by atoms with Crippen molar-refractivity contribution in [2.45, 2.75) is 13.5 Å². The van der Waals surface area contributed by atoms with Gasteiger partial charge in [-0.15, -0.1) is 0 Å². The lowest BCUT2D eigenvalue weighted by atomic mass is 10.1. The van der Waals surface area contributed by atoms with Crippen LogP contribution in [0.15, 0.2) is 75.0 Å². The van der Waals surface area contributed by atoms with Crippen LogP contribution in [0.25, 0.3) is 21.8 Å². The van der Waals surface area contributed by atoms with Gasteiger partial charge in [-0.25, -0.2) is 5.43 Å². The lowest BCUT2D eigenvalue weighted by Crippen LogP contribution is -2.25. The number of ether oxygens (including phenoxy) is 2. The van der Waals surface area contributed by atoms with E-state index < -0.39 is 0 Å². The highest BCUT2D eigenvalue weighted by atomic mass is 79.9. The summed E-state index contributed by atoms with van der Waals surface area (Å²) in [5.41, 5.74) is 4.63. The number of nitrogens with zero attached hydrogens (tertiary/aromatic N) is 2. The predicted octanol–water partition coefficient (Wildman–Crippen LogP) is 4.47. The van der Waals surface area contributed by atoms with Gasteiger partial charge >= 0.3 is 0 Å². The van der Waals surface area contributed by atoms with E-state index in [2.05, 4.69) is 26.5 Å². The molecule has 8 heteroatoms. The van der Waals surface area contributed by atoms with Crippen molar-refractivity contribution in [1.29, 1.82) is 0 Å². The van der Waals surface area contributed by atoms with Gasteiger partial charge in [-0.1, -0.05) is 24.3 Å². The fraction of sp³-hybridized carbons (Fsp3) is 0.160. The number of halogens is 1. The quantitative estimate of drug-likeness (QED) is 0.227. The van der Waals surface area contributed by atoms with E-state index >= 15 is 0 Å². The van der Waals surface area contributed by atoms with Gasteiger partial charge in [-0.05, 0) is 64.8 Å². The summed E-state index contributed by atoms with van der Waals surface area (Å²) >= 11 is 3.47. The minimum Gasteiger partial charge on any atom is -0.493 e. The molecule has 168 valence electrons. The maximum atomic E-state index is 12.8. The Kier molecular flexibility index (Phi) is 6.74. The molecule has 0 saturated heterocycles. The summed E-state index contributed by atoms with van der Waals surface area (Å²) in [6.07, 6.45) is 1.53. The van der Waals surface area contributed by atoms with Crippen LogP contribution in [-0.4, -0.2) is 30.4 Å². The lowest BCUT2D eigenvalue weighted by molar-refractivity contribution is -0.121. The summed E-state index contributed by atoms with van der Waals surface area (Å²) < 4.78 is 13.5. The second-order valence-corrected chi connectivity index (χ2v) is 8.06. The molecule has 1 amide bonds. The van der Waals surface area contributed by atoms with Gasteiger partial charge in [0.2, 0.25) is 0 Å². The average molecular weight is 508 g/mol. The lowest BCUT2D eigenvalue weighted by Gasteiger charge is -2.14. The molecule has 0 spiro atoms. The topological polar surface area (TPSA) is 81.9 Å². The molecule has 33 heavy (non-hydrogen) atoms. The number of carbonyl (C=O) groups excluding carboxylic acids is 1. The van der Waals surface area contributed by atoms with Crippen molar-refractivity contribution in [3.63, 3.8) is 0 Å². The third kappa shape index (κ3) is 4.61. The zero-order valence-corrected chi connectivity index (χ0v) is 19.8. The molecular weight excluding hydrogens is 486 g/mol. The number of rotatable bonds is 7. The number of methoxy groups -OCH3 is 1. The van der Waals surface area contributed by atoms with Crippen molar-refractivity contribution in [2.24, 2.45) is 5.10 Å². The van der Waals surface area contributed by atoms with Crippen LogP contribution < -0.4 is 20.3 Å². The van der Waals surface area contributed by atoms with Crippen LogP contribution in [0.2, 0.25) is 0 Å². The molecule has 4 aromatic rings. The van der Waals surface area contributed by atoms with Gasteiger partial charge in [-0.2, -0.15) is 5.10 Å². The average Bonchev–Trinajstić information content (AvgIpc) is 2.83. The van der Waals surface area contributed by atoms with Crippen LogP contribution in [0.1, 0.15) is 12.5 Å². The maximum absolute atomic E-state index is 12.8. The Morgan fingerprint density at radius 2 is 1.73 bits per heavy atom. The molecule has 3 aromatic carbocycles. The molecule has 1 aromatic heterocycles. The number of benzene rings is 3. The van der Waals surface area contributed by atoms with Crippen LogP contribution in [0.5, 0.6) is 11.5 Å². The third-order valence-electron chi connectivity index (χ3n) is 5.12. The highest BCUT2D eigenvalue weighted by Crippen LogP contribution is 2.36. The summed E-state index contributed by atoms with van der Waals surface area (Å²) in [6, 6.07) is 18.1. The normalized spacial score (nSPS) is 11.2. The molecule has 0 bridgehead atoms. The van der Waals surface area contributed by atoms with E-state index in [4.69, 9.17) is 9.47 Å². The highest BCUT2D eigenvalue weighted by Gasteiger charge is 2.13. The molecule has 7 nitrogen and oxygen atoms in total. The number of fused-ring (bicyclic) bond motifs is 2. The highest BCUT2D eigenvalue weighted by molar-refractivity contribution is 9.10. The van der Waals surface area contributed by atoms with Gasteiger partial charge in [0.15, 0.2) is 16.9 Å². The molecule has 0 atom stereocenters. The number of nitrogens with one attached hydrogen (secondary N) is 1. The number of carbonyl (C=O) groups is 1. The van der Waals surface area contributed by atoms with E-state index in [-0.39, 0.29) is 17.9 Å². The number of hydrazone groups is 1. The van der Waals surface area contributed by atoms with Gasteiger partial charge in [0, 0.05) is 10.8 Å². The standard InChI is InChI=1S/C25H22BrN3O4/c1-3-33-25-19(26)12-16(13-22(25)32-2)14-27-28-23(30)15-29-20-10-6-4-8-17(20)24(31)18-9-5-7-11-21(18)29/h4-14H,3,15H2,1-2H3,(H,28,30)/b27-14-. The Morgan fingerprint density at radius 3 is 2.33 bits per heavy atom. The molecule has 0 saturated carbocycles. The first-order valence-electron chi connectivity index (χ1n) is 10.4. The molecule has 0 aliphatic carbocycles. The molecule has 0 aliphatic heterocycles. The van der Waals surface area contributed by atoms with Crippen molar-refractivity contribution in [1.82, 2.24) is 9.99 Å². The van der Waals surface area contributed by atoms with Crippen molar-refractivity contribution in [3.8, 4) is 11.5 Å². The molecule has 0 aliphatic rings. The zero-order chi connectivity index (χ0) is 23.4. The van der Waals surface area contributed by atoms with E-state index in [0.717, 1.165) is 10.0 Å². The van der Waals surface area contributed by atoms with Gasteiger partial charge in [0.25, 0.3) is 5.91 Å². The summed E-state index contributed by atoms with van der Waals surface area (Å²) in [6.45, 7) is 2.41. The van der Waals surface area contributed by atoms with Gasteiger partial charge in [-0.3, -0.25) is 9.59 Å². The largest absolute Gasteiger partial charge is 0.493 e. The number of amides is 1. The minimum absolute atomic E-state index is 0.00887. The fourth-order valence-corrected chi connectivity index (χ4v) is 4.28. The van der Waals surface area contributed by atoms with Gasteiger partial charge < -0.3 is 14.0 Å². The second kappa shape index (κ2) is 9.87. The van der Waals surface area contributed by atoms with E-state index in [0.29, 0.717) is 39.9 Å². The Bertz CT molecular complexity index is 1370. The van der Waals surface area contributed by atoms with Crippen LogP contribution in [0.4, 0.5) is 0 Å². The van der Waals surface area contributed by atoms with Crippen LogP contribution in [0, 0.1) is 0 Å². The maximum Gasteiger partial charge on any atom is 0.260 e. The van der Waals surface area contributed by atoms with E-state index in [9.17, 15) is 9.59 Å². The Labute approximate surface area is 198 Å². The van der Waals surface area contributed by atoms with E-state index in [1.54, 1.807) is 25.3 Å². The number of aromatic nitrogens is 1. The first kappa shape index (κ1) is 22.5. The number of hydrogen-bond acceptors (Lipinski definition) is 5. The first-order chi connectivity index (χ1) is 16.0. The monoisotopic (exact) mass is 507 g/mol. The van der Waals surface area contributed by atoms with E-state index in [1.807, 2.05) is 54.0 Å². The molecular formula is C25H22BrN3O4. The van der Waals surface area contributed by atoms with Crippen molar-refractivity contribution >= 4 is 49.9 Å². The third-order valence-corrected chi connectivity index (χ3v) is 5.71. The zero-order valence-electron chi connectivity index (χ0n) is 18.2. The van der Waals surface area contributed by atoms with Crippen LogP contribution in [0.3, 0.4) is 0 Å². The molecule has 1 heterocycles. The minimum atomic E-state index is -0.317. The fourth-order valence-electron chi connectivity index (χ4n) is 3.70. The van der Waals surface area contributed by atoms with Gasteiger partial charge in [0.1, 0.15) is 6.54 Å². The SMILES string of the molecule is CCOc1c(Br)cc(/C=N\NC(=O)Cn2c3ccccc3c(=O)c3ccccc32)cc1OC. The molecule has 0 unspecified atom stereocenters. The van der Waals surface area contributed by atoms with E-state index in [1.165, 1.54) is 6.21 Å². The Balaban J connectivity index is 1.59. The number of pyridine rings is 1. The summed E-state index contributed by atoms with van der Waals surface area (Å²) in [5.74, 6) is 0.852. The second-order valence-electron chi connectivity index (χ2n) is 7.21. The van der Waals surface area contributed by atoms with Crippen molar-refractivity contribution in [3.05, 3.63) is 80.9 Å². The van der Waals surface area contributed by atoms with Gasteiger partial charge in [0.05, 0.1) is 35.4 Å². The van der Waals surface area contributed by atoms with Crippen molar-refractivity contribution < 1.29 is 14.3 Å². The smallest absolute Gasteiger partial charge is 0.260 e. The Hall–Kier alpha value is -3.65. The molecule has 0 fully saturated rings. The first-order valence-corrected chi connectivity index (χ1v) is 11.1. The number of para-hydroxylation sites is 2. The summed E-state index contributed by atoms with van der Waals surface area (Å²) in [5, 5.41) is 5.23.